The van der Waals surface area contributed by atoms with Crippen molar-refractivity contribution in [3.63, 3.8) is 0 Å². The van der Waals surface area contributed by atoms with E-state index in [-0.39, 0.29) is 18.0 Å². The summed E-state index contributed by atoms with van der Waals surface area (Å²) in [6.45, 7) is 3.70. The molecular weight excluding hydrogens is 308 g/mol. The van der Waals surface area contributed by atoms with Crippen LogP contribution in [0.15, 0.2) is 0 Å². The number of fused-ring (bicyclic) bond motifs is 1. The molecule has 7 nitrogen and oxygen atoms in total. The standard InChI is InChI=1S/C17H30N4O3/c22-16(20-13-4-1-2-5-13)7-8-18-17(23)19-10-15-11-21-9-3-6-14(21)12-24-15/h13-15H,1-12H2,(H,20,22)(H2,18,19,23)/t14-,15-/m1/s1. The Bertz CT molecular complexity index is 440. The van der Waals surface area contributed by atoms with E-state index in [1.54, 1.807) is 0 Å². The van der Waals surface area contributed by atoms with E-state index in [0.717, 1.165) is 32.5 Å². The van der Waals surface area contributed by atoms with E-state index in [1.807, 2.05) is 0 Å². The molecule has 3 fully saturated rings. The molecule has 3 N–H and O–H groups in total. The van der Waals surface area contributed by atoms with Crippen LogP contribution in [-0.2, 0) is 9.53 Å². The second-order valence-electron chi connectivity index (χ2n) is 7.18. The summed E-state index contributed by atoms with van der Waals surface area (Å²) in [6, 6.07) is 0.688. The topological polar surface area (TPSA) is 82.7 Å². The first kappa shape index (κ1) is 17.5. The molecule has 136 valence electrons. The number of amides is 3. The number of hydrogen-bond acceptors (Lipinski definition) is 4. The Balaban J connectivity index is 1.24. The van der Waals surface area contributed by atoms with Crippen molar-refractivity contribution in [2.24, 2.45) is 0 Å². The molecule has 2 aliphatic heterocycles. The van der Waals surface area contributed by atoms with Crippen molar-refractivity contribution >= 4 is 11.9 Å². The predicted octanol–water partition coefficient (Wildman–Crippen LogP) is 0.598. The van der Waals surface area contributed by atoms with Gasteiger partial charge in [0.25, 0.3) is 0 Å². The maximum atomic E-state index is 11.8. The van der Waals surface area contributed by atoms with E-state index in [0.29, 0.717) is 31.6 Å². The van der Waals surface area contributed by atoms with Gasteiger partial charge in [0.1, 0.15) is 0 Å². The lowest BCUT2D eigenvalue weighted by molar-refractivity contribution is -0.121. The van der Waals surface area contributed by atoms with Gasteiger partial charge < -0.3 is 20.7 Å². The van der Waals surface area contributed by atoms with Crippen LogP contribution in [0.1, 0.15) is 44.9 Å². The van der Waals surface area contributed by atoms with Gasteiger partial charge in [0.15, 0.2) is 0 Å². The zero-order valence-electron chi connectivity index (χ0n) is 14.4. The molecule has 2 saturated heterocycles. The van der Waals surface area contributed by atoms with Crippen molar-refractivity contribution in [2.75, 3.05) is 32.8 Å². The molecule has 0 aromatic heterocycles. The van der Waals surface area contributed by atoms with Crippen LogP contribution in [0.3, 0.4) is 0 Å². The largest absolute Gasteiger partial charge is 0.373 e. The zero-order valence-corrected chi connectivity index (χ0v) is 14.4. The monoisotopic (exact) mass is 338 g/mol. The van der Waals surface area contributed by atoms with Gasteiger partial charge >= 0.3 is 6.03 Å². The van der Waals surface area contributed by atoms with Gasteiger partial charge in [0.05, 0.1) is 12.7 Å². The third-order valence-electron chi connectivity index (χ3n) is 5.31. The minimum absolute atomic E-state index is 0.0258. The molecule has 1 saturated carbocycles. The number of morpholine rings is 1. The smallest absolute Gasteiger partial charge is 0.314 e. The van der Waals surface area contributed by atoms with E-state index < -0.39 is 0 Å². The molecule has 3 rings (SSSR count). The third-order valence-corrected chi connectivity index (χ3v) is 5.31. The van der Waals surface area contributed by atoms with Gasteiger partial charge in [-0.25, -0.2) is 4.79 Å². The third kappa shape index (κ3) is 5.08. The van der Waals surface area contributed by atoms with E-state index in [4.69, 9.17) is 4.74 Å². The van der Waals surface area contributed by atoms with Crippen LogP contribution in [0.5, 0.6) is 0 Å². The lowest BCUT2D eigenvalue weighted by Gasteiger charge is -2.35. The number of urea groups is 1. The van der Waals surface area contributed by atoms with Crippen LogP contribution in [0.2, 0.25) is 0 Å². The summed E-state index contributed by atoms with van der Waals surface area (Å²) in [7, 11) is 0. The summed E-state index contributed by atoms with van der Waals surface area (Å²) in [6.07, 6.45) is 7.44. The Morgan fingerprint density at radius 3 is 2.75 bits per heavy atom. The first-order valence-corrected chi connectivity index (χ1v) is 9.37. The minimum atomic E-state index is -0.226. The fourth-order valence-electron chi connectivity index (χ4n) is 3.94. The Hall–Kier alpha value is -1.34. The summed E-state index contributed by atoms with van der Waals surface area (Å²) in [5.41, 5.74) is 0. The number of nitrogens with zero attached hydrogens (tertiary/aromatic N) is 1. The van der Waals surface area contributed by atoms with E-state index >= 15 is 0 Å². The second kappa shape index (κ2) is 8.67. The van der Waals surface area contributed by atoms with Gasteiger partial charge in [-0.15, -0.1) is 0 Å². The maximum absolute atomic E-state index is 11.8. The molecule has 0 spiro atoms. The molecule has 0 bridgehead atoms. The van der Waals surface area contributed by atoms with Gasteiger partial charge in [0.2, 0.25) is 5.91 Å². The zero-order chi connectivity index (χ0) is 16.8. The van der Waals surface area contributed by atoms with Gasteiger partial charge in [-0.2, -0.15) is 0 Å². The quantitative estimate of drug-likeness (QED) is 0.662. The highest BCUT2D eigenvalue weighted by molar-refractivity contribution is 5.78. The molecule has 0 radical (unpaired) electrons. The summed E-state index contributed by atoms with van der Waals surface area (Å²) >= 11 is 0. The van der Waals surface area contributed by atoms with Crippen LogP contribution < -0.4 is 16.0 Å². The Labute approximate surface area is 143 Å². The van der Waals surface area contributed by atoms with Gasteiger partial charge in [-0.05, 0) is 32.2 Å². The average Bonchev–Trinajstić information content (AvgIpc) is 3.23. The molecule has 1 aliphatic carbocycles. The fourth-order valence-corrected chi connectivity index (χ4v) is 3.94. The van der Waals surface area contributed by atoms with Crippen molar-refractivity contribution in [1.29, 1.82) is 0 Å². The second-order valence-corrected chi connectivity index (χ2v) is 7.18. The molecule has 7 heteroatoms. The first-order valence-electron chi connectivity index (χ1n) is 9.37. The SMILES string of the molecule is O=C(CCNC(=O)NC[C@@H]1CN2CCC[C@@H]2CO1)NC1CCCC1. The number of ether oxygens (including phenoxy) is 1. The first-order chi connectivity index (χ1) is 11.7. The van der Waals surface area contributed by atoms with Crippen LogP contribution >= 0.6 is 0 Å². The molecule has 3 aliphatic rings. The summed E-state index contributed by atoms with van der Waals surface area (Å²) < 4.78 is 5.81. The number of rotatable bonds is 6. The highest BCUT2D eigenvalue weighted by Crippen LogP contribution is 2.22. The van der Waals surface area contributed by atoms with Crippen molar-refractivity contribution in [1.82, 2.24) is 20.9 Å². The number of nitrogens with one attached hydrogen (secondary N) is 3. The maximum Gasteiger partial charge on any atom is 0.314 e. The number of carbonyl (C=O) groups excluding carboxylic acids is 2. The molecule has 0 aromatic rings. The summed E-state index contributed by atoms with van der Waals surface area (Å²) in [5.74, 6) is 0.0258. The van der Waals surface area contributed by atoms with Gasteiger partial charge in [-0.3, -0.25) is 9.69 Å². The predicted molar refractivity (Wildman–Crippen MR) is 90.8 cm³/mol. The molecule has 2 atom stereocenters. The number of carbonyl (C=O) groups is 2. The highest BCUT2D eigenvalue weighted by atomic mass is 16.5. The number of hydrogen-bond donors (Lipinski definition) is 3. The lowest BCUT2D eigenvalue weighted by Crippen LogP contribution is -2.51. The Kier molecular flexibility index (Phi) is 6.31. The Morgan fingerprint density at radius 2 is 1.92 bits per heavy atom. The van der Waals surface area contributed by atoms with Crippen molar-refractivity contribution < 1.29 is 14.3 Å². The molecule has 3 amide bonds. The van der Waals surface area contributed by atoms with E-state index in [1.165, 1.54) is 25.7 Å². The molecule has 0 unspecified atom stereocenters. The van der Waals surface area contributed by atoms with Crippen LogP contribution in [0.25, 0.3) is 0 Å². The fraction of sp³-hybridized carbons (Fsp3) is 0.882. The lowest BCUT2D eigenvalue weighted by atomic mass is 10.2. The molecule has 0 aromatic carbocycles. The van der Waals surface area contributed by atoms with Crippen molar-refractivity contribution in [2.45, 2.75) is 63.1 Å². The van der Waals surface area contributed by atoms with Gasteiger partial charge in [-0.1, -0.05) is 12.8 Å². The average molecular weight is 338 g/mol. The normalized spacial score (nSPS) is 27.7. The summed E-state index contributed by atoms with van der Waals surface area (Å²) in [4.78, 5) is 26.1. The van der Waals surface area contributed by atoms with Crippen LogP contribution in [0.4, 0.5) is 4.79 Å². The van der Waals surface area contributed by atoms with Crippen LogP contribution in [0, 0.1) is 0 Å². The molecular formula is C17H30N4O3. The minimum Gasteiger partial charge on any atom is -0.373 e. The summed E-state index contributed by atoms with van der Waals surface area (Å²) in [5, 5.41) is 8.61. The molecule has 2 heterocycles. The van der Waals surface area contributed by atoms with E-state index in [9.17, 15) is 9.59 Å². The van der Waals surface area contributed by atoms with Crippen molar-refractivity contribution in [3.8, 4) is 0 Å². The van der Waals surface area contributed by atoms with Crippen molar-refractivity contribution in [3.05, 3.63) is 0 Å². The van der Waals surface area contributed by atoms with Gasteiger partial charge in [0, 0.05) is 38.1 Å². The van der Waals surface area contributed by atoms with Crippen LogP contribution in [-0.4, -0.2) is 67.8 Å². The highest BCUT2D eigenvalue weighted by Gasteiger charge is 2.32. The molecule has 24 heavy (non-hydrogen) atoms. The Morgan fingerprint density at radius 1 is 1.08 bits per heavy atom. The van der Waals surface area contributed by atoms with E-state index in [2.05, 4.69) is 20.9 Å².